The summed E-state index contributed by atoms with van der Waals surface area (Å²) in [5.41, 5.74) is -0.284. The van der Waals surface area contributed by atoms with Crippen molar-refractivity contribution in [3.05, 3.63) is 0 Å². The maximum absolute atomic E-state index is 10.5. The minimum Gasteiger partial charge on any atom is -0.458 e. The molecule has 0 spiro atoms. The number of ether oxygens (including phenoxy) is 2. The molecular formula is C13H28O4. The van der Waals surface area contributed by atoms with E-state index in [1.807, 2.05) is 20.8 Å². The van der Waals surface area contributed by atoms with Crippen LogP contribution in [0.4, 0.5) is 0 Å². The van der Waals surface area contributed by atoms with Crippen molar-refractivity contribution < 1.29 is 19.4 Å². The van der Waals surface area contributed by atoms with Gasteiger partial charge in [-0.2, -0.15) is 0 Å². The van der Waals surface area contributed by atoms with Gasteiger partial charge in [0.1, 0.15) is 6.10 Å². The second-order valence-electron chi connectivity index (χ2n) is 5.57. The van der Waals surface area contributed by atoms with Crippen LogP contribution in [-0.4, -0.2) is 36.0 Å². The Hall–Kier alpha value is -0.610. The van der Waals surface area contributed by atoms with Crippen LogP contribution in [0.5, 0.6) is 0 Å². The van der Waals surface area contributed by atoms with Crippen LogP contribution in [0, 0.1) is 5.92 Å². The van der Waals surface area contributed by atoms with Crippen molar-refractivity contribution in [1.29, 1.82) is 0 Å². The predicted molar refractivity (Wildman–Crippen MR) is 68.9 cm³/mol. The number of carbonyl (C=O) groups excluding carboxylic acids is 1. The molecular weight excluding hydrogens is 220 g/mol. The molecule has 0 aromatic heterocycles. The van der Waals surface area contributed by atoms with Crippen LogP contribution in [0.1, 0.15) is 48.5 Å². The average molecular weight is 248 g/mol. The van der Waals surface area contributed by atoms with Crippen LogP contribution in [-0.2, 0) is 14.3 Å². The summed E-state index contributed by atoms with van der Waals surface area (Å²) in [7, 11) is 0. The normalized spacial score (nSPS) is 12.8. The summed E-state index contributed by atoms with van der Waals surface area (Å²) in [5, 5.41) is 8.81. The first-order valence-electron chi connectivity index (χ1n) is 6.00. The lowest BCUT2D eigenvalue weighted by molar-refractivity contribution is -0.155. The first-order valence-corrected chi connectivity index (χ1v) is 6.00. The summed E-state index contributed by atoms with van der Waals surface area (Å²) < 4.78 is 10.1. The molecule has 4 heteroatoms. The van der Waals surface area contributed by atoms with Gasteiger partial charge in [-0.25, -0.2) is 0 Å². The second kappa shape index (κ2) is 9.42. The maximum atomic E-state index is 10.5. The number of rotatable bonds is 4. The van der Waals surface area contributed by atoms with Crippen LogP contribution in [0.2, 0.25) is 0 Å². The van der Waals surface area contributed by atoms with Crippen molar-refractivity contribution in [1.82, 2.24) is 0 Å². The Bertz CT molecular complexity index is 191. The molecule has 0 rings (SSSR count). The molecule has 0 aliphatic heterocycles. The Labute approximate surface area is 105 Å². The molecule has 4 nitrogen and oxygen atoms in total. The van der Waals surface area contributed by atoms with Crippen LogP contribution in [0.3, 0.4) is 0 Å². The summed E-state index contributed by atoms with van der Waals surface area (Å²) in [6.45, 7) is 13.5. The molecule has 0 aromatic carbocycles. The van der Waals surface area contributed by atoms with Crippen LogP contribution in [0.25, 0.3) is 0 Å². The van der Waals surface area contributed by atoms with Gasteiger partial charge in [-0.3, -0.25) is 4.79 Å². The number of esters is 1. The minimum atomic E-state index is -0.559. The SMILES string of the molecule is CC(=O)OC(CO)COC(C)(C)C.CC(C)C. The largest absolute Gasteiger partial charge is 0.458 e. The van der Waals surface area contributed by atoms with E-state index in [0.717, 1.165) is 5.92 Å². The summed E-state index contributed by atoms with van der Waals surface area (Å²) in [6.07, 6.45) is -0.559. The third-order valence-electron chi connectivity index (χ3n) is 1.24. The number of carbonyl (C=O) groups is 1. The fraction of sp³-hybridized carbons (Fsp3) is 0.923. The molecule has 0 aliphatic rings. The Kier molecular flexibility index (Phi) is 10.4. The molecule has 0 saturated carbocycles. The van der Waals surface area contributed by atoms with Gasteiger partial charge in [0.25, 0.3) is 0 Å². The summed E-state index contributed by atoms with van der Waals surface area (Å²) in [6, 6.07) is 0. The molecule has 0 radical (unpaired) electrons. The van der Waals surface area contributed by atoms with Gasteiger partial charge in [0.2, 0.25) is 0 Å². The van der Waals surface area contributed by atoms with Gasteiger partial charge in [0.05, 0.1) is 18.8 Å². The quantitative estimate of drug-likeness (QED) is 0.776. The molecule has 0 aromatic rings. The van der Waals surface area contributed by atoms with Gasteiger partial charge in [0.15, 0.2) is 0 Å². The van der Waals surface area contributed by atoms with Crippen LogP contribution >= 0.6 is 0 Å². The van der Waals surface area contributed by atoms with Crippen LogP contribution in [0.15, 0.2) is 0 Å². The smallest absolute Gasteiger partial charge is 0.303 e. The van der Waals surface area contributed by atoms with E-state index >= 15 is 0 Å². The molecule has 0 bridgehead atoms. The highest BCUT2D eigenvalue weighted by atomic mass is 16.6. The summed E-state index contributed by atoms with van der Waals surface area (Å²) in [5.74, 6) is 0.427. The van der Waals surface area contributed by atoms with Crippen molar-refractivity contribution in [2.24, 2.45) is 5.92 Å². The molecule has 0 heterocycles. The zero-order valence-electron chi connectivity index (χ0n) is 12.2. The van der Waals surface area contributed by atoms with E-state index < -0.39 is 12.1 Å². The van der Waals surface area contributed by atoms with Gasteiger partial charge in [-0.1, -0.05) is 20.8 Å². The third kappa shape index (κ3) is 21.3. The van der Waals surface area contributed by atoms with Crippen LogP contribution < -0.4 is 0 Å². The number of aliphatic hydroxyl groups excluding tert-OH is 1. The predicted octanol–water partition coefficient (Wildman–Crippen LogP) is 2.39. The van der Waals surface area contributed by atoms with E-state index in [2.05, 4.69) is 20.8 Å². The van der Waals surface area contributed by atoms with Gasteiger partial charge in [-0.15, -0.1) is 0 Å². The summed E-state index contributed by atoms with van der Waals surface area (Å²) >= 11 is 0. The Morgan fingerprint density at radius 3 is 1.88 bits per heavy atom. The molecule has 0 fully saturated rings. The van der Waals surface area contributed by atoms with Gasteiger partial charge in [0, 0.05) is 6.92 Å². The minimum absolute atomic E-state index is 0.213. The lowest BCUT2D eigenvalue weighted by Gasteiger charge is -2.23. The van der Waals surface area contributed by atoms with E-state index in [-0.39, 0.29) is 18.8 Å². The van der Waals surface area contributed by atoms with Gasteiger partial charge >= 0.3 is 5.97 Å². The third-order valence-corrected chi connectivity index (χ3v) is 1.24. The molecule has 1 unspecified atom stereocenters. The van der Waals surface area contributed by atoms with Crippen molar-refractivity contribution in [3.63, 3.8) is 0 Å². The van der Waals surface area contributed by atoms with E-state index in [4.69, 9.17) is 14.6 Å². The highest BCUT2D eigenvalue weighted by Gasteiger charge is 2.16. The molecule has 17 heavy (non-hydrogen) atoms. The number of aliphatic hydroxyl groups is 1. The topological polar surface area (TPSA) is 55.8 Å². The molecule has 0 saturated heterocycles. The molecule has 1 N–H and O–H groups in total. The van der Waals surface area contributed by atoms with E-state index in [9.17, 15) is 4.79 Å². The standard InChI is InChI=1S/C9H18O4.C4H10/c1-7(11)13-8(5-10)6-12-9(2,3)4;1-4(2)3/h8,10H,5-6H2,1-4H3;4H,1-3H3. The lowest BCUT2D eigenvalue weighted by Crippen LogP contribution is -2.31. The average Bonchev–Trinajstić information content (AvgIpc) is 2.09. The molecule has 1 atom stereocenters. The Balaban J connectivity index is 0. The highest BCUT2D eigenvalue weighted by Crippen LogP contribution is 2.08. The monoisotopic (exact) mass is 248 g/mol. The van der Waals surface area contributed by atoms with E-state index in [0.29, 0.717) is 0 Å². The van der Waals surface area contributed by atoms with Crippen molar-refractivity contribution in [2.75, 3.05) is 13.2 Å². The van der Waals surface area contributed by atoms with Gasteiger partial charge < -0.3 is 14.6 Å². The zero-order chi connectivity index (χ0) is 14.1. The van der Waals surface area contributed by atoms with Crippen molar-refractivity contribution in [2.45, 2.75) is 60.2 Å². The molecule has 104 valence electrons. The zero-order valence-corrected chi connectivity index (χ0v) is 12.2. The first-order chi connectivity index (χ1) is 7.58. The second-order valence-corrected chi connectivity index (χ2v) is 5.57. The van der Waals surface area contributed by atoms with E-state index in [1.54, 1.807) is 0 Å². The lowest BCUT2D eigenvalue weighted by atomic mass is 10.2. The molecule has 0 aliphatic carbocycles. The van der Waals surface area contributed by atoms with Crippen molar-refractivity contribution in [3.8, 4) is 0 Å². The van der Waals surface area contributed by atoms with Gasteiger partial charge in [-0.05, 0) is 26.7 Å². The number of hydrogen-bond acceptors (Lipinski definition) is 4. The maximum Gasteiger partial charge on any atom is 0.303 e. The fourth-order valence-corrected chi connectivity index (χ4v) is 0.702. The molecule has 0 amide bonds. The summed E-state index contributed by atoms with van der Waals surface area (Å²) in [4.78, 5) is 10.5. The Morgan fingerprint density at radius 1 is 1.24 bits per heavy atom. The van der Waals surface area contributed by atoms with Crippen molar-refractivity contribution >= 4 is 5.97 Å². The highest BCUT2D eigenvalue weighted by molar-refractivity contribution is 5.66. The van der Waals surface area contributed by atoms with E-state index in [1.165, 1.54) is 6.92 Å². The Morgan fingerprint density at radius 2 is 1.65 bits per heavy atom. The first kappa shape index (κ1) is 18.7. The number of hydrogen-bond donors (Lipinski definition) is 1. The fourth-order valence-electron chi connectivity index (χ4n) is 0.702.